The lowest BCUT2D eigenvalue weighted by Gasteiger charge is -2.34. The standard InChI is InChI=1S/C28H29N9.CO2/c29-16-19-6-4-7-21(14-19)24-15-25(33-28(30)32-24)26-18-37(35-34-26)17-22-8-5-9-23(31-22)27(20-10-11-20)36-12-2-1-3-13-36;2-1-3/h4-9,14-15,18,20,27H,1-3,10-13,17H2,(H2,30,32,33);. The number of benzene rings is 1. The molecular weight excluding hydrogens is 506 g/mol. The van der Waals surface area contributed by atoms with Crippen molar-refractivity contribution in [3.05, 3.63) is 71.7 Å². The van der Waals surface area contributed by atoms with Crippen LogP contribution in [0.3, 0.4) is 0 Å². The van der Waals surface area contributed by atoms with E-state index in [0.717, 1.165) is 17.2 Å². The minimum Gasteiger partial charge on any atom is -0.368 e. The fourth-order valence-electron chi connectivity index (χ4n) is 5.24. The van der Waals surface area contributed by atoms with Gasteiger partial charge < -0.3 is 5.73 Å². The van der Waals surface area contributed by atoms with Crippen LogP contribution in [0.15, 0.2) is 54.7 Å². The normalized spacial score (nSPS) is 15.8. The number of nitriles is 1. The molecule has 11 nitrogen and oxygen atoms in total. The lowest BCUT2D eigenvalue weighted by Crippen LogP contribution is -2.35. The highest BCUT2D eigenvalue weighted by Gasteiger charge is 2.37. The van der Waals surface area contributed by atoms with E-state index >= 15 is 0 Å². The second-order valence-corrected chi connectivity index (χ2v) is 10.0. The summed E-state index contributed by atoms with van der Waals surface area (Å²) in [5.74, 6) is 0.868. The van der Waals surface area contributed by atoms with E-state index in [4.69, 9.17) is 20.3 Å². The second-order valence-electron chi connectivity index (χ2n) is 10.0. The van der Waals surface area contributed by atoms with Gasteiger partial charge in [0.05, 0.1) is 53.2 Å². The highest BCUT2D eigenvalue weighted by molar-refractivity contribution is 5.68. The summed E-state index contributed by atoms with van der Waals surface area (Å²) in [4.78, 5) is 32.7. The summed E-state index contributed by atoms with van der Waals surface area (Å²) in [5, 5.41) is 17.9. The number of nitrogens with two attached hydrogens (primary N) is 1. The number of anilines is 1. The van der Waals surface area contributed by atoms with Gasteiger partial charge in [0.25, 0.3) is 0 Å². The fourth-order valence-corrected chi connectivity index (χ4v) is 5.24. The van der Waals surface area contributed by atoms with Crippen molar-refractivity contribution in [3.63, 3.8) is 0 Å². The number of piperidine rings is 1. The maximum Gasteiger partial charge on any atom is 0.373 e. The Balaban J connectivity index is 0.00000103. The van der Waals surface area contributed by atoms with E-state index < -0.39 is 0 Å². The number of nitrogens with zero attached hydrogens (tertiary/aromatic N) is 8. The van der Waals surface area contributed by atoms with Crippen LogP contribution in [0.25, 0.3) is 22.6 Å². The number of likely N-dealkylation sites (tertiary alicyclic amines) is 1. The molecule has 1 aliphatic heterocycles. The van der Waals surface area contributed by atoms with Crippen LogP contribution in [0.5, 0.6) is 0 Å². The number of carbonyl (C=O) groups excluding carboxylic acids is 2. The average molecular weight is 536 g/mol. The van der Waals surface area contributed by atoms with Gasteiger partial charge in [0.2, 0.25) is 5.95 Å². The Bertz CT molecular complexity index is 1550. The summed E-state index contributed by atoms with van der Waals surface area (Å²) in [5.41, 5.74) is 11.3. The first-order valence-corrected chi connectivity index (χ1v) is 13.3. The average Bonchev–Trinajstić information content (AvgIpc) is 3.70. The van der Waals surface area contributed by atoms with Crippen molar-refractivity contribution in [1.82, 2.24) is 34.8 Å². The summed E-state index contributed by atoms with van der Waals surface area (Å²) in [6.07, 6.45) is 8.60. The zero-order valence-electron chi connectivity index (χ0n) is 22.0. The molecule has 2 N–H and O–H groups in total. The lowest BCUT2D eigenvalue weighted by atomic mass is 10.0. The number of aromatic nitrogens is 6. The summed E-state index contributed by atoms with van der Waals surface area (Å²) >= 11 is 0. The summed E-state index contributed by atoms with van der Waals surface area (Å²) in [6.45, 7) is 2.87. The van der Waals surface area contributed by atoms with Crippen molar-refractivity contribution in [2.75, 3.05) is 18.8 Å². The molecule has 1 aromatic carbocycles. The molecule has 0 spiro atoms. The molecule has 0 bridgehead atoms. The topological polar surface area (TPSA) is 157 Å². The largest absolute Gasteiger partial charge is 0.373 e. The van der Waals surface area contributed by atoms with E-state index in [9.17, 15) is 5.26 Å². The Morgan fingerprint density at radius 1 is 0.950 bits per heavy atom. The van der Waals surface area contributed by atoms with Crippen molar-refractivity contribution in [3.8, 4) is 28.7 Å². The number of pyridine rings is 1. The van der Waals surface area contributed by atoms with Crippen molar-refractivity contribution in [2.45, 2.75) is 44.7 Å². The van der Waals surface area contributed by atoms with Crippen LogP contribution >= 0.6 is 0 Å². The maximum absolute atomic E-state index is 9.23. The Morgan fingerprint density at radius 2 is 1.70 bits per heavy atom. The fraction of sp³-hybridized carbons (Fsp3) is 0.345. The van der Waals surface area contributed by atoms with Crippen LogP contribution in [0, 0.1) is 17.2 Å². The van der Waals surface area contributed by atoms with Gasteiger partial charge in [-0.3, -0.25) is 9.88 Å². The molecule has 0 amide bonds. The van der Waals surface area contributed by atoms with Crippen LogP contribution in [0.4, 0.5) is 5.95 Å². The van der Waals surface area contributed by atoms with E-state index in [0.29, 0.717) is 35.2 Å². The Kier molecular flexibility index (Phi) is 8.30. The molecule has 2 aliphatic rings. The third kappa shape index (κ3) is 6.43. The van der Waals surface area contributed by atoms with E-state index in [-0.39, 0.29) is 12.1 Å². The first-order chi connectivity index (χ1) is 19.6. The minimum absolute atomic E-state index is 0.141. The smallest absolute Gasteiger partial charge is 0.368 e. The van der Waals surface area contributed by atoms with Gasteiger partial charge in [-0.05, 0) is 75.0 Å². The van der Waals surface area contributed by atoms with Gasteiger partial charge in [-0.1, -0.05) is 29.8 Å². The Morgan fingerprint density at radius 3 is 2.45 bits per heavy atom. The highest BCUT2D eigenvalue weighted by atomic mass is 16.2. The van der Waals surface area contributed by atoms with Crippen molar-refractivity contribution in [2.24, 2.45) is 5.92 Å². The molecule has 1 unspecified atom stereocenters. The van der Waals surface area contributed by atoms with Crippen molar-refractivity contribution in [1.29, 1.82) is 5.26 Å². The van der Waals surface area contributed by atoms with E-state index in [2.05, 4.69) is 43.4 Å². The Hall–Kier alpha value is -4.78. The van der Waals surface area contributed by atoms with E-state index in [1.165, 1.54) is 50.9 Å². The van der Waals surface area contributed by atoms with E-state index in [1.807, 2.05) is 30.5 Å². The molecule has 4 aromatic rings. The molecule has 3 aromatic heterocycles. The zero-order valence-corrected chi connectivity index (χ0v) is 22.0. The summed E-state index contributed by atoms with van der Waals surface area (Å²) in [7, 11) is 0. The molecule has 6 rings (SSSR count). The molecule has 4 heterocycles. The van der Waals surface area contributed by atoms with Crippen LogP contribution in [-0.4, -0.2) is 54.1 Å². The van der Waals surface area contributed by atoms with Gasteiger partial charge in [-0.2, -0.15) is 14.9 Å². The lowest BCUT2D eigenvalue weighted by molar-refractivity contribution is -0.191. The molecule has 1 aliphatic carbocycles. The van der Waals surface area contributed by atoms with Crippen LogP contribution in [0.2, 0.25) is 0 Å². The third-order valence-electron chi connectivity index (χ3n) is 7.14. The molecule has 1 saturated carbocycles. The zero-order chi connectivity index (χ0) is 27.9. The van der Waals surface area contributed by atoms with Crippen molar-refractivity contribution >= 4 is 12.1 Å². The molecule has 2 fully saturated rings. The molecule has 1 saturated heterocycles. The van der Waals surface area contributed by atoms with Crippen molar-refractivity contribution < 1.29 is 9.59 Å². The molecule has 40 heavy (non-hydrogen) atoms. The minimum atomic E-state index is 0.141. The summed E-state index contributed by atoms with van der Waals surface area (Å²) in [6, 6.07) is 18.0. The predicted molar refractivity (Wildman–Crippen MR) is 145 cm³/mol. The Labute approximate surface area is 231 Å². The van der Waals surface area contributed by atoms with Crippen LogP contribution in [-0.2, 0) is 16.1 Å². The second kappa shape index (κ2) is 12.4. The first-order valence-electron chi connectivity index (χ1n) is 13.3. The van der Waals surface area contributed by atoms with Gasteiger partial charge in [0, 0.05) is 5.56 Å². The SMILES string of the molecule is N#Cc1cccc(-c2cc(-c3cn(Cc4cccc(C(C5CC5)N5CCCCC5)n4)nn3)nc(N)n2)c1.O=C=O. The molecule has 1 atom stereocenters. The molecular formula is C29H29N9O2. The third-order valence-corrected chi connectivity index (χ3v) is 7.14. The van der Waals surface area contributed by atoms with E-state index in [1.54, 1.807) is 16.8 Å². The maximum atomic E-state index is 9.23. The summed E-state index contributed by atoms with van der Waals surface area (Å²) < 4.78 is 1.78. The predicted octanol–water partition coefficient (Wildman–Crippen LogP) is 3.65. The quantitative estimate of drug-likeness (QED) is 0.370. The monoisotopic (exact) mass is 535 g/mol. The number of nitrogen functional groups attached to an aromatic ring is 1. The number of rotatable bonds is 7. The first kappa shape index (κ1) is 26.8. The van der Waals surface area contributed by atoms with Gasteiger partial charge in [-0.15, -0.1) is 5.10 Å². The number of hydrogen-bond donors (Lipinski definition) is 1. The number of hydrogen-bond acceptors (Lipinski definition) is 10. The van der Waals surface area contributed by atoms with Gasteiger partial charge in [0.15, 0.2) is 0 Å². The van der Waals surface area contributed by atoms with Crippen LogP contribution < -0.4 is 5.73 Å². The van der Waals surface area contributed by atoms with Crippen LogP contribution in [0.1, 0.15) is 55.1 Å². The van der Waals surface area contributed by atoms with Gasteiger partial charge in [0.1, 0.15) is 5.69 Å². The van der Waals surface area contributed by atoms with Gasteiger partial charge in [-0.25, -0.2) is 14.6 Å². The molecule has 0 radical (unpaired) electrons. The van der Waals surface area contributed by atoms with Gasteiger partial charge >= 0.3 is 6.15 Å². The molecule has 11 heteroatoms. The molecule has 202 valence electrons. The highest BCUT2D eigenvalue weighted by Crippen LogP contribution is 2.44.